The van der Waals surface area contributed by atoms with Crippen molar-refractivity contribution in [2.24, 2.45) is 5.92 Å². The van der Waals surface area contributed by atoms with E-state index < -0.39 is 0 Å². The molecule has 26 heavy (non-hydrogen) atoms. The Hall–Kier alpha value is -2.30. The van der Waals surface area contributed by atoms with Crippen molar-refractivity contribution in [3.63, 3.8) is 0 Å². The van der Waals surface area contributed by atoms with Gasteiger partial charge in [0.2, 0.25) is 0 Å². The Balaban J connectivity index is 0.00000301. The zero-order valence-corrected chi connectivity index (χ0v) is 16.6. The zero-order valence-electron chi connectivity index (χ0n) is 16.6. The number of nitrogens with zero attached hydrogens (tertiary/aromatic N) is 1. The van der Waals surface area contributed by atoms with E-state index in [1.807, 2.05) is 39.8 Å². The van der Waals surface area contributed by atoms with E-state index in [2.05, 4.69) is 13.2 Å². The normalized spacial score (nSPS) is 15.1. The van der Waals surface area contributed by atoms with Crippen molar-refractivity contribution in [2.45, 2.75) is 40.5 Å². The molecule has 0 aromatic carbocycles. The summed E-state index contributed by atoms with van der Waals surface area (Å²) in [5.41, 5.74) is 0.904. The van der Waals surface area contributed by atoms with Crippen LogP contribution in [-0.2, 0) is 14.3 Å². The monoisotopic (exact) mass is 363 g/mol. The van der Waals surface area contributed by atoms with Crippen molar-refractivity contribution in [2.75, 3.05) is 26.3 Å². The minimum Gasteiger partial charge on any atom is -0.491 e. The number of rotatable bonds is 8. The van der Waals surface area contributed by atoms with Crippen LogP contribution in [-0.4, -0.2) is 43.1 Å². The first-order chi connectivity index (χ1) is 12.5. The van der Waals surface area contributed by atoms with Crippen molar-refractivity contribution in [1.82, 2.24) is 4.90 Å². The maximum Gasteiger partial charge on any atom is 0.410 e. The number of Topliss-reactive ketones (excluding diaryl/α,β-unsaturated/α-hetero) is 1. The van der Waals surface area contributed by atoms with Crippen molar-refractivity contribution in [1.29, 1.82) is 0 Å². The van der Waals surface area contributed by atoms with Crippen LogP contribution < -0.4 is 0 Å². The lowest BCUT2D eigenvalue weighted by atomic mass is 9.92. The topological polar surface area (TPSA) is 55.8 Å². The lowest BCUT2D eigenvalue weighted by Crippen LogP contribution is -2.41. The fourth-order valence-electron chi connectivity index (χ4n) is 2.45. The third-order valence-electron chi connectivity index (χ3n) is 3.90. The van der Waals surface area contributed by atoms with Gasteiger partial charge in [0.15, 0.2) is 11.5 Å². The van der Waals surface area contributed by atoms with Gasteiger partial charge in [-0.1, -0.05) is 51.3 Å². The lowest BCUT2D eigenvalue weighted by Gasteiger charge is -2.30. The van der Waals surface area contributed by atoms with E-state index in [1.54, 1.807) is 17.1 Å². The SMILES string of the molecule is C=C/C=C\C(=C/C)COC(=O)N1CCC(C(=O)C(=C)OCC)CC1.CC. The van der Waals surface area contributed by atoms with Crippen LogP contribution in [0.1, 0.15) is 40.5 Å². The van der Waals surface area contributed by atoms with Crippen LogP contribution in [0.4, 0.5) is 4.79 Å². The van der Waals surface area contributed by atoms with Gasteiger partial charge in [-0.15, -0.1) is 0 Å². The van der Waals surface area contributed by atoms with Gasteiger partial charge in [0.25, 0.3) is 0 Å². The highest BCUT2D eigenvalue weighted by Gasteiger charge is 2.29. The molecule has 0 atom stereocenters. The fourth-order valence-corrected chi connectivity index (χ4v) is 2.45. The Labute approximate surface area is 158 Å². The molecule has 1 heterocycles. The molecule has 0 aromatic rings. The van der Waals surface area contributed by atoms with Crippen LogP contribution in [0.3, 0.4) is 0 Å². The first-order valence-electron chi connectivity index (χ1n) is 9.25. The van der Waals surface area contributed by atoms with Crippen LogP contribution in [0.5, 0.6) is 0 Å². The van der Waals surface area contributed by atoms with E-state index >= 15 is 0 Å². The van der Waals surface area contributed by atoms with Gasteiger partial charge in [-0.25, -0.2) is 4.79 Å². The predicted octanol–water partition coefficient (Wildman–Crippen LogP) is 4.67. The molecule has 0 saturated carbocycles. The summed E-state index contributed by atoms with van der Waals surface area (Å²) in [5.74, 6) is 0.0237. The van der Waals surface area contributed by atoms with Gasteiger partial charge in [-0.3, -0.25) is 4.79 Å². The average Bonchev–Trinajstić information content (AvgIpc) is 2.69. The smallest absolute Gasteiger partial charge is 0.410 e. The molecule has 0 spiro atoms. The maximum atomic E-state index is 12.1. The molecule has 0 radical (unpaired) electrons. The first-order valence-corrected chi connectivity index (χ1v) is 9.25. The van der Waals surface area contributed by atoms with Crippen LogP contribution in [0.2, 0.25) is 0 Å². The predicted molar refractivity (Wildman–Crippen MR) is 106 cm³/mol. The van der Waals surface area contributed by atoms with Gasteiger partial charge in [0, 0.05) is 19.0 Å². The van der Waals surface area contributed by atoms with E-state index in [9.17, 15) is 9.59 Å². The van der Waals surface area contributed by atoms with Crippen LogP contribution in [0, 0.1) is 5.92 Å². The molecular weight excluding hydrogens is 330 g/mol. The average molecular weight is 363 g/mol. The van der Waals surface area contributed by atoms with Crippen molar-refractivity contribution >= 4 is 11.9 Å². The molecule has 1 rings (SSSR count). The van der Waals surface area contributed by atoms with Gasteiger partial charge in [-0.2, -0.15) is 0 Å². The number of piperidine rings is 1. The number of hydrogen-bond donors (Lipinski definition) is 0. The molecule has 5 nitrogen and oxygen atoms in total. The Morgan fingerprint density at radius 3 is 2.31 bits per heavy atom. The summed E-state index contributed by atoms with van der Waals surface area (Å²) in [6.45, 7) is 16.6. The van der Waals surface area contributed by atoms with Crippen LogP contribution in [0.25, 0.3) is 0 Å². The first kappa shape index (κ1) is 23.7. The molecule has 1 aliphatic rings. The van der Waals surface area contributed by atoms with Crippen LogP contribution >= 0.6 is 0 Å². The molecule has 1 amide bonds. The summed E-state index contributed by atoms with van der Waals surface area (Å²) in [5, 5.41) is 0. The van der Waals surface area contributed by atoms with E-state index in [1.165, 1.54) is 0 Å². The van der Waals surface area contributed by atoms with Gasteiger partial charge < -0.3 is 14.4 Å². The molecule has 0 aromatic heterocycles. The van der Waals surface area contributed by atoms with E-state index in [0.717, 1.165) is 5.57 Å². The number of carbonyl (C=O) groups excluding carboxylic acids is 2. The second-order valence-corrected chi connectivity index (χ2v) is 5.49. The number of allylic oxidation sites excluding steroid dienone is 4. The lowest BCUT2D eigenvalue weighted by molar-refractivity contribution is -0.123. The zero-order chi connectivity index (χ0) is 19.9. The molecule has 1 saturated heterocycles. The highest BCUT2D eigenvalue weighted by atomic mass is 16.6. The molecule has 5 heteroatoms. The Bertz CT molecular complexity index is 526. The number of likely N-dealkylation sites (tertiary alicyclic amines) is 1. The summed E-state index contributed by atoms with van der Waals surface area (Å²) in [4.78, 5) is 25.9. The summed E-state index contributed by atoms with van der Waals surface area (Å²) in [7, 11) is 0. The number of hydrogen-bond acceptors (Lipinski definition) is 4. The van der Waals surface area contributed by atoms with Gasteiger partial charge in [0.1, 0.15) is 6.61 Å². The molecule has 1 aliphatic heterocycles. The minimum absolute atomic E-state index is 0.0596. The molecule has 1 fully saturated rings. The van der Waals surface area contributed by atoms with Gasteiger partial charge in [0.05, 0.1) is 6.61 Å². The van der Waals surface area contributed by atoms with Gasteiger partial charge in [-0.05, 0) is 32.3 Å². The molecule has 0 N–H and O–H groups in total. The molecule has 146 valence electrons. The molecular formula is C21H33NO4. The third-order valence-corrected chi connectivity index (χ3v) is 3.90. The molecule has 0 bridgehead atoms. The highest BCUT2D eigenvalue weighted by molar-refractivity contribution is 5.94. The molecule has 0 aliphatic carbocycles. The summed E-state index contributed by atoms with van der Waals surface area (Å²) >= 11 is 0. The summed E-state index contributed by atoms with van der Waals surface area (Å²) < 4.78 is 10.5. The largest absolute Gasteiger partial charge is 0.491 e. The summed E-state index contributed by atoms with van der Waals surface area (Å²) in [6, 6.07) is 0. The Morgan fingerprint density at radius 1 is 1.19 bits per heavy atom. The van der Waals surface area contributed by atoms with Crippen molar-refractivity contribution in [3.05, 3.63) is 48.8 Å². The quantitative estimate of drug-likeness (QED) is 0.357. The van der Waals surface area contributed by atoms with Crippen molar-refractivity contribution in [3.8, 4) is 0 Å². The maximum absolute atomic E-state index is 12.1. The number of carbonyl (C=O) groups is 2. The highest BCUT2D eigenvalue weighted by Crippen LogP contribution is 2.21. The summed E-state index contributed by atoms with van der Waals surface area (Å²) in [6.07, 6.45) is 8.06. The minimum atomic E-state index is -0.351. The fraction of sp³-hybridized carbons (Fsp3) is 0.524. The second kappa shape index (κ2) is 13.9. The van der Waals surface area contributed by atoms with Crippen molar-refractivity contribution < 1.29 is 19.1 Å². The third kappa shape index (κ3) is 8.19. The van der Waals surface area contributed by atoms with E-state index in [4.69, 9.17) is 9.47 Å². The van der Waals surface area contributed by atoms with Gasteiger partial charge >= 0.3 is 6.09 Å². The Kier molecular flexibility index (Phi) is 12.7. The van der Waals surface area contributed by atoms with E-state index in [-0.39, 0.29) is 30.2 Å². The van der Waals surface area contributed by atoms with E-state index in [0.29, 0.717) is 32.5 Å². The number of amides is 1. The number of ketones is 1. The second-order valence-electron chi connectivity index (χ2n) is 5.49. The molecule has 0 unspecified atom stereocenters. The number of ether oxygens (including phenoxy) is 2. The standard InChI is InChI=1S/C19H27NO4.C2H6/c1-5-8-9-16(6-2)14-24-19(22)20-12-10-17(11-13-20)18(21)15(4)23-7-3;1-2/h5-6,8-9,17H,1,4,7,10-14H2,2-3H3;1-2H3/b9-8-,16-6+;. The Morgan fingerprint density at radius 2 is 1.81 bits per heavy atom. The van der Waals surface area contributed by atoms with Crippen LogP contribution in [0.15, 0.2) is 48.8 Å².